The Morgan fingerprint density at radius 3 is 2.33 bits per heavy atom. The van der Waals surface area contributed by atoms with Crippen molar-refractivity contribution in [3.8, 4) is 6.07 Å². The predicted molar refractivity (Wildman–Crippen MR) is 51.6 cm³/mol. The smallest absolute Gasteiger partial charge is 0.320 e. The minimum atomic E-state index is -0.872. The standard InChI is InChI=1S/C10H15NO4/c1-3-8(9(12)14-4-2)10(13)15-7-5-6-11/h8H,3-5,7H2,1-2H3. The maximum Gasteiger partial charge on any atom is 0.320 e. The van der Waals surface area contributed by atoms with Crippen molar-refractivity contribution in [2.24, 2.45) is 5.92 Å². The van der Waals surface area contributed by atoms with Gasteiger partial charge in [0, 0.05) is 0 Å². The van der Waals surface area contributed by atoms with Crippen LogP contribution in [0.3, 0.4) is 0 Å². The predicted octanol–water partition coefficient (Wildman–Crippen LogP) is 1.03. The van der Waals surface area contributed by atoms with Gasteiger partial charge in [-0.2, -0.15) is 5.26 Å². The first-order valence-corrected chi connectivity index (χ1v) is 4.87. The number of esters is 2. The summed E-state index contributed by atoms with van der Waals surface area (Å²) >= 11 is 0. The summed E-state index contributed by atoms with van der Waals surface area (Å²) in [5.74, 6) is -2.06. The lowest BCUT2D eigenvalue weighted by Gasteiger charge is -2.11. The van der Waals surface area contributed by atoms with Gasteiger partial charge in [-0.3, -0.25) is 9.59 Å². The molecule has 0 saturated carbocycles. The quantitative estimate of drug-likeness (QED) is 0.374. The number of hydrogen-bond acceptors (Lipinski definition) is 5. The van der Waals surface area contributed by atoms with Crippen molar-refractivity contribution in [3.63, 3.8) is 0 Å². The largest absolute Gasteiger partial charge is 0.465 e. The summed E-state index contributed by atoms with van der Waals surface area (Å²) in [5, 5.41) is 8.24. The third kappa shape index (κ3) is 5.01. The SMILES string of the molecule is CCOC(=O)C(CC)C(=O)OCCC#N. The van der Waals surface area contributed by atoms with Crippen LogP contribution < -0.4 is 0 Å². The van der Waals surface area contributed by atoms with Gasteiger partial charge in [-0.1, -0.05) is 6.92 Å². The van der Waals surface area contributed by atoms with Gasteiger partial charge in [0.15, 0.2) is 5.92 Å². The van der Waals surface area contributed by atoms with Gasteiger partial charge < -0.3 is 9.47 Å². The number of carbonyl (C=O) groups is 2. The molecule has 0 fully saturated rings. The fourth-order valence-electron chi connectivity index (χ4n) is 0.970. The van der Waals surface area contributed by atoms with E-state index in [1.165, 1.54) is 0 Å². The van der Waals surface area contributed by atoms with E-state index in [1.54, 1.807) is 13.8 Å². The molecule has 0 aliphatic carbocycles. The number of rotatable bonds is 6. The normalized spacial score (nSPS) is 11.3. The lowest BCUT2D eigenvalue weighted by Crippen LogP contribution is -2.27. The first-order chi connectivity index (χ1) is 7.17. The summed E-state index contributed by atoms with van der Waals surface area (Å²) in [6, 6.07) is 1.84. The summed E-state index contributed by atoms with van der Waals surface area (Å²) in [6.45, 7) is 3.63. The average molecular weight is 213 g/mol. The van der Waals surface area contributed by atoms with E-state index >= 15 is 0 Å². The Morgan fingerprint density at radius 2 is 1.87 bits per heavy atom. The Bertz CT molecular complexity index is 257. The second-order valence-electron chi connectivity index (χ2n) is 2.79. The van der Waals surface area contributed by atoms with Crippen LogP contribution in [0.1, 0.15) is 26.7 Å². The molecule has 0 heterocycles. The van der Waals surface area contributed by atoms with Crippen LogP contribution in [0.2, 0.25) is 0 Å². The van der Waals surface area contributed by atoms with Crippen LogP contribution >= 0.6 is 0 Å². The topological polar surface area (TPSA) is 76.4 Å². The van der Waals surface area contributed by atoms with Crippen LogP contribution in [-0.2, 0) is 19.1 Å². The molecule has 0 amide bonds. The zero-order chi connectivity index (χ0) is 11.7. The lowest BCUT2D eigenvalue weighted by molar-refractivity contribution is -0.161. The summed E-state index contributed by atoms with van der Waals surface area (Å²) in [4.78, 5) is 22.6. The molecule has 1 atom stereocenters. The Balaban J connectivity index is 4.10. The Labute approximate surface area is 89.0 Å². The summed E-state index contributed by atoms with van der Waals surface area (Å²) in [6.07, 6.45) is 0.467. The van der Waals surface area contributed by atoms with E-state index in [0.29, 0.717) is 6.42 Å². The third-order valence-electron chi connectivity index (χ3n) is 1.72. The zero-order valence-corrected chi connectivity index (χ0v) is 8.99. The molecule has 84 valence electrons. The third-order valence-corrected chi connectivity index (χ3v) is 1.72. The van der Waals surface area contributed by atoms with Gasteiger partial charge in [-0.25, -0.2) is 0 Å². The van der Waals surface area contributed by atoms with Crippen molar-refractivity contribution < 1.29 is 19.1 Å². The first kappa shape index (κ1) is 13.4. The van der Waals surface area contributed by atoms with E-state index in [2.05, 4.69) is 0 Å². The summed E-state index contributed by atoms with van der Waals surface area (Å²) in [5.41, 5.74) is 0. The van der Waals surface area contributed by atoms with E-state index in [9.17, 15) is 9.59 Å². The molecule has 0 bridgehead atoms. The van der Waals surface area contributed by atoms with E-state index in [-0.39, 0.29) is 19.6 Å². The maximum absolute atomic E-state index is 11.3. The van der Waals surface area contributed by atoms with E-state index < -0.39 is 17.9 Å². The van der Waals surface area contributed by atoms with Gasteiger partial charge >= 0.3 is 11.9 Å². The molecule has 1 unspecified atom stereocenters. The molecule has 0 aromatic rings. The van der Waals surface area contributed by atoms with Crippen LogP contribution in [0.25, 0.3) is 0 Å². The van der Waals surface area contributed by atoms with Crippen molar-refractivity contribution in [2.75, 3.05) is 13.2 Å². The second-order valence-corrected chi connectivity index (χ2v) is 2.79. The summed E-state index contributed by atoms with van der Waals surface area (Å²) in [7, 11) is 0. The fraction of sp³-hybridized carbons (Fsp3) is 0.700. The van der Waals surface area contributed by atoms with Gasteiger partial charge in [0.1, 0.15) is 6.61 Å². The number of carbonyl (C=O) groups excluding carboxylic acids is 2. The van der Waals surface area contributed by atoms with Gasteiger partial charge in [0.2, 0.25) is 0 Å². The molecule has 0 aliphatic heterocycles. The van der Waals surface area contributed by atoms with Crippen LogP contribution in [0.15, 0.2) is 0 Å². The molecule has 0 rings (SSSR count). The zero-order valence-electron chi connectivity index (χ0n) is 8.99. The van der Waals surface area contributed by atoms with Crippen molar-refractivity contribution in [1.82, 2.24) is 0 Å². The van der Waals surface area contributed by atoms with Gasteiger partial charge in [0.05, 0.1) is 19.1 Å². The van der Waals surface area contributed by atoms with Crippen molar-refractivity contribution in [3.05, 3.63) is 0 Å². The number of nitrogens with zero attached hydrogens (tertiary/aromatic N) is 1. The fourth-order valence-corrected chi connectivity index (χ4v) is 0.970. The number of nitriles is 1. The Morgan fingerprint density at radius 1 is 1.27 bits per heavy atom. The molecule has 5 nitrogen and oxygen atoms in total. The molecule has 0 radical (unpaired) electrons. The molecule has 0 saturated heterocycles. The van der Waals surface area contributed by atoms with Gasteiger partial charge in [-0.05, 0) is 13.3 Å². The second kappa shape index (κ2) is 7.80. The molecule has 0 spiro atoms. The molecule has 0 aromatic heterocycles. The average Bonchev–Trinajstić information content (AvgIpc) is 2.19. The molecule has 0 N–H and O–H groups in total. The van der Waals surface area contributed by atoms with Crippen LogP contribution in [0.5, 0.6) is 0 Å². The number of hydrogen-bond donors (Lipinski definition) is 0. The molecule has 15 heavy (non-hydrogen) atoms. The summed E-state index contributed by atoms with van der Waals surface area (Å²) < 4.78 is 9.46. The number of ether oxygens (including phenoxy) is 2. The van der Waals surface area contributed by atoms with Gasteiger partial charge in [-0.15, -0.1) is 0 Å². The molecule has 0 aromatic carbocycles. The lowest BCUT2D eigenvalue weighted by atomic mass is 10.1. The van der Waals surface area contributed by atoms with E-state index in [1.807, 2.05) is 6.07 Å². The van der Waals surface area contributed by atoms with Gasteiger partial charge in [0.25, 0.3) is 0 Å². The highest BCUT2D eigenvalue weighted by Gasteiger charge is 2.27. The molecule has 0 aliphatic rings. The first-order valence-electron chi connectivity index (χ1n) is 4.87. The van der Waals surface area contributed by atoms with Crippen LogP contribution in [0, 0.1) is 17.2 Å². The van der Waals surface area contributed by atoms with Crippen LogP contribution in [0.4, 0.5) is 0 Å². The minimum absolute atomic E-state index is 0.0191. The maximum atomic E-state index is 11.3. The molecular weight excluding hydrogens is 198 g/mol. The van der Waals surface area contributed by atoms with Crippen molar-refractivity contribution in [1.29, 1.82) is 5.26 Å². The highest BCUT2D eigenvalue weighted by atomic mass is 16.6. The van der Waals surface area contributed by atoms with E-state index in [4.69, 9.17) is 14.7 Å². The van der Waals surface area contributed by atoms with Crippen molar-refractivity contribution in [2.45, 2.75) is 26.7 Å². The highest BCUT2D eigenvalue weighted by molar-refractivity contribution is 5.94. The molecule has 5 heteroatoms. The van der Waals surface area contributed by atoms with Crippen LogP contribution in [-0.4, -0.2) is 25.2 Å². The van der Waals surface area contributed by atoms with E-state index in [0.717, 1.165) is 0 Å². The molecular formula is C10H15NO4. The monoisotopic (exact) mass is 213 g/mol. The highest BCUT2D eigenvalue weighted by Crippen LogP contribution is 2.08. The Kier molecular flexibility index (Phi) is 6.98. The Hall–Kier alpha value is -1.57. The van der Waals surface area contributed by atoms with Crippen molar-refractivity contribution >= 4 is 11.9 Å². The minimum Gasteiger partial charge on any atom is -0.465 e.